The molecule has 0 saturated heterocycles. The van der Waals surface area contributed by atoms with Crippen LogP contribution in [0.25, 0.3) is 50.1 Å². The normalized spacial score (nSPS) is 11.3. The van der Waals surface area contributed by atoms with Crippen LogP contribution >= 0.6 is 0 Å². The predicted molar refractivity (Wildman–Crippen MR) is 285 cm³/mol. The summed E-state index contributed by atoms with van der Waals surface area (Å²) in [6.07, 6.45) is 4.63. The average molecular weight is 839 g/mol. The molecule has 1 unspecified atom stereocenters. The van der Waals surface area contributed by atoms with Gasteiger partial charge >= 0.3 is 0 Å². The highest BCUT2D eigenvalue weighted by Gasteiger charge is 2.12. The van der Waals surface area contributed by atoms with Crippen LogP contribution in [0.1, 0.15) is 86.9 Å². The van der Waals surface area contributed by atoms with Gasteiger partial charge in [0.15, 0.2) is 0 Å². The molecule has 0 amide bonds. The first-order valence-electron chi connectivity index (χ1n) is 22.5. The lowest BCUT2D eigenvalue weighted by molar-refractivity contribution is 0.958. The monoisotopic (exact) mass is 839 g/mol. The van der Waals surface area contributed by atoms with Gasteiger partial charge in [0.05, 0.1) is 0 Å². The van der Waals surface area contributed by atoms with Crippen molar-refractivity contribution in [1.82, 2.24) is 0 Å². The van der Waals surface area contributed by atoms with Crippen LogP contribution in [0.15, 0.2) is 218 Å². The highest BCUT2D eigenvalue weighted by atomic mass is 14.2. The van der Waals surface area contributed by atoms with E-state index in [1.54, 1.807) is 0 Å². The summed E-state index contributed by atoms with van der Waals surface area (Å²) in [5.41, 5.74) is 22.2. The van der Waals surface area contributed by atoms with Crippen molar-refractivity contribution < 1.29 is 0 Å². The van der Waals surface area contributed by atoms with Crippen molar-refractivity contribution in [3.8, 4) is 44.5 Å². The first-order chi connectivity index (χ1) is 30.6. The molecule has 0 aliphatic rings. The van der Waals surface area contributed by atoms with Gasteiger partial charge in [-0.1, -0.05) is 246 Å². The van der Waals surface area contributed by atoms with Crippen LogP contribution in [0.3, 0.4) is 0 Å². The number of allylic oxidation sites excluding steroid dienone is 4. The van der Waals surface area contributed by atoms with E-state index in [1.807, 2.05) is 32.0 Å². The molecule has 0 bridgehead atoms. The van der Waals surface area contributed by atoms with Crippen molar-refractivity contribution in [2.45, 2.75) is 82.6 Å². The van der Waals surface area contributed by atoms with Crippen molar-refractivity contribution >= 4 is 5.57 Å². The maximum atomic E-state index is 2.34. The number of hydrogen-bond acceptors (Lipinski definition) is 0. The van der Waals surface area contributed by atoms with Crippen molar-refractivity contribution in [1.29, 1.82) is 0 Å². The van der Waals surface area contributed by atoms with E-state index in [2.05, 4.69) is 250 Å². The summed E-state index contributed by atoms with van der Waals surface area (Å²) in [5, 5.41) is 0. The molecular formula is C64H70. The molecule has 0 saturated carbocycles. The molecule has 0 aliphatic carbocycles. The van der Waals surface area contributed by atoms with E-state index < -0.39 is 0 Å². The zero-order valence-corrected chi connectivity index (χ0v) is 39.3. The summed E-state index contributed by atoms with van der Waals surface area (Å²) < 4.78 is 0. The molecule has 0 fully saturated rings. The lowest BCUT2D eigenvalue weighted by Gasteiger charge is -2.16. The Morgan fingerprint density at radius 3 is 1.28 bits per heavy atom. The molecule has 0 radical (unpaired) electrons. The van der Waals surface area contributed by atoms with Crippen LogP contribution in [0.4, 0.5) is 0 Å². The zero-order valence-electron chi connectivity index (χ0n) is 39.3. The van der Waals surface area contributed by atoms with Gasteiger partial charge in [0.25, 0.3) is 0 Å². The summed E-state index contributed by atoms with van der Waals surface area (Å²) in [4.78, 5) is 0. The quantitative estimate of drug-likeness (QED) is 0.134. The minimum atomic E-state index is 0. The lowest BCUT2D eigenvalue weighted by atomic mass is 9.88. The molecule has 8 aromatic carbocycles. The second-order valence-electron chi connectivity index (χ2n) is 16.2. The highest BCUT2D eigenvalue weighted by molar-refractivity contribution is 5.79. The van der Waals surface area contributed by atoms with Crippen LogP contribution in [-0.2, 0) is 0 Å². The number of hydrogen-bond donors (Lipinski definition) is 0. The van der Waals surface area contributed by atoms with E-state index in [-0.39, 0.29) is 7.43 Å². The summed E-state index contributed by atoms with van der Waals surface area (Å²) in [7, 11) is 0. The molecule has 0 nitrogen and oxygen atoms in total. The van der Waals surface area contributed by atoms with Crippen molar-refractivity contribution in [3.05, 3.63) is 257 Å². The Morgan fingerprint density at radius 2 is 0.812 bits per heavy atom. The molecule has 64 heavy (non-hydrogen) atoms. The molecule has 0 aliphatic heterocycles. The Morgan fingerprint density at radius 1 is 0.406 bits per heavy atom. The summed E-state index contributed by atoms with van der Waals surface area (Å²) in [6.45, 7) is 21.6. The van der Waals surface area contributed by atoms with Crippen LogP contribution in [0.2, 0.25) is 0 Å². The average Bonchev–Trinajstić information content (AvgIpc) is 3.32. The van der Waals surface area contributed by atoms with Gasteiger partial charge in [0.2, 0.25) is 0 Å². The van der Waals surface area contributed by atoms with Crippen LogP contribution < -0.4 is 0 Å². The minimum absolute atomic E-state index is 0. The zero-order chi connectivity index (χ0) is 45.1. The van der Waals surface area contributed by atoms with Gasteiger partial charge in [0, 0.05) is 0 Å². The molecule has 0 heteroatoms. The standard InChI is InChI=1S/C32H30.C22H22.C7H8.C2H6.CH4/c1-24(21-25(2)27-11-6-4-7-12-27)22-26(3)31-15-10-16-32(23-31)30-19-17-29(18-20-30)28-13-8-5-9-14-28;1-15-9-5-7-11-19(15)21-13-14-22(18(4)17(21)3)20-12-8-6-10-16(20)2;1-7-5-3-2-4-6-7;1-2;/h4-23,25H,1-3H3;5-14H,1-4H3;2-6H,1H3;1-2H3;1H4/b24-21-,26-22+;;;;. The van der Waals surface area contributed by atoms with E-state index >= 15 is 0 Å². The Hall–Kier alpha value is -6.76. The maximum absolute atomic E-state index is 2.34. The summed E-state index contributed by atoms with van der Waals surface area (Å²) in [6, 6.07) is 70.9. The van der Waals surface area contributed by atoms with Crippen molar-refractivity contribution in [3.63, 3.8) is 0 Å². The maximum Gasteiger partial charge on any atom is -0.000473 e. The third kappa shape index (κ3) is 13.9. The van der Waals surface area contributed by atoms with E-state index in [1.165, 1.54) is 94.6 Å². The lowest BCUT2D eigenvalue weighted by Crippen LogP contribution is -1.94. The minimum Gasteiger partial charge on any atom is -0.0776 e. The van der Waals surface area contributed by atoms with E-state index in [4.69, 9.17) is 0 Å². The third-order valence-electron chi connectivity index (χ3n) is 11.5. The summed E-state index contributed by atoms with van der Waals surface area (Å²) in [5.74, 6) is 0.398. The van der Waals surface area contributed by atoms with Gasteiger partial charge in [-0.3, -0.25) is 0 Å². The van der Waals surface area contributed by atoms with E-state index in [0.717, 1.165) is 0 Å². The molecule has 8 rings (SSSR count). The topological polar surface area (TPSA) is 0 Å². The Labute approximate surface area is 387 Å². The van der Waals surface area contributed by atoms with Gasteiger partial charge in [-0.05, 0) is 144 Å². The Bertz CT molecular complexity index is 2610. The number of rotatable bonds is 8. The van der Waals surface area contributed by atoms with Crippen LogP contribution in [-0.4, -0.2) is 0 Å². The largest absolute Gasteiger partial charge is 0.0776 e. The van der Waals surface area contributed by atoms with E-state index in [0.29, 0.717) is 5.92 Å². The molecule has 0 N–H and O–H groups in total. The fourth-order valence-electron chi connectivity index (χ4n) is 7.84. The molecule has 0 spiro atoms. The first kappa shape index (κ1) is 49.9. The first-order valence-corrected chi connectivity index (χ1v) is 22.5. The van der Waals surface area contributed by atoms with E-state index in [9.17, 15) is 0 Å². The van der Waals surface area contributed by atoms with Crippen LogP contribution in [0, 0.1) is 34.6 Å². The van der Waals surface area contributed by atoms with Gasteiger partial charge < -0.3 is 0 Å². The Balaban J connectivity index is 0.000000242. The second-order valence-corrected chi connectivity index (χ2v) is 16.2. The van der Waals surface area contributed by atoms with Gasteiger partial charge in [0.1, 0.15) is 0 Å². The number of benzene rings is 8. The molecule has 0 heterocycles. The van der Waals surface area contributed by atoms with Gasteiger partial charge in [-0.15, -0.1) is 0 Å². The Kier molecular flexibility index (Phi) is 19.8. The third-order valence-corrected chi connectivity index (χ3v) is 11.5. The molecule has 0 aromatic heterocycles. The van der Waals surface area contributed by atoms with Gasteiger partial charge in [-0.2, -0.15) is 0 Å². The second kappa shape index (κ2) is 25.4. The van der Waals surface area contributed by atoms with Crippen LogP contribution in [0.5, 0.6) is 0 Å². The van der Waals surface area contributed by atoms with Crippen molar-refractivity contribution in [2.75, 3.05) is 0 Å². The smallest absolute Gasteiger partial charge is 0.000473 e. The highest BCUT2D eigenvalue weighted by Crippen LogP contribution is 2.35. The molecule has 326 valence electrons. The fraction of sp³-hybridized carbons (Fsp3) is 0.188. The molecule has 8 aromatic rings. The molecule has 1 atom stereocenters. The molecular weight excluding hydrogens is 769 g/mol. The fourth-order valence-corrected chi connectivity index (χ4v) is 7.84. The van der Waals surface area contributed by atoms with Crippen molar-refractivity contribution in [2.24, 2.45) is 0 Å². The van der Waals surface area contributed by atoms with Gasteiger partial charge in [-0.25, -0.2) is 0 Å². The summed E-state index contributed by atoms with van der Waals surface area (Å²) >= 11 is 0. The number of aryl methyl sites for hydroxylation is 3. The predicted octanol–water partition coefficient (Wildman–Crippen LogP) is 19.1. The SMILES string of the molecule is C.CC.CC(=C/C(C)c1ccccc1)/C=C(\C)c1cccc(-c2ccc(-c3ccccc3)cc2)c1.Cc1ccccc1.Cc1ccccc1-c1ccc(-c2ccccc2C)c(C)c1C.